The number of benzene rings is 1. The Balaban J connectivity index is 2.18. The number of non-ortho nitro benzene ring substituents is 1. The molecule has 1 aliphatic rings. The summed E-state index contributed by atoms with van der Waals surface area (Å²) in [6.45, 7) is 5.66. The number of rotatable bonds is 2. The Morgan fingerprint density at radius 1 is 1.38 bits per heavy atom. The molecule has 21 heavy (non-hydrogen) atoms. The number of nitro benzene ring substituents is 1. The van der Waals surface area contributed by atoms with Crippen molar-refractivity contribution >= 4 is 22.1 Å². The Bertz CT molecular complexity index is 706. The van der Waals surface area contributed by atoms with Gasteiger partial charge in [-0.3, -0.25) is 15.1 Å². The maximum Gasteiger partial charge on any atom is 0.278 e. The van der Waals surface area contributed by atoms with Crippen molar-refractivity contribution in [1.29, 1.82) is 0 Å². The molecule has 1 aromatic heterocycles. The number of anilines is 1. The van der Waals surface area contributed by atoms with Crippen molar-refractivity contribution in [2.24, 2.45) is 11.7 Å². The van der Waals surface area contributed by atoms with E-state index in [4.69, 9.17) is 5.73 Å². The van der Waals surface area contributed by atoms with Crippen molar-refractivity contribution in [2.75, 3.05) is 18.0 Å². The summed E-state index contributed by atoms with van der Waals surface area (Å²) >= 11 is 0. The summed E-state index contributed by atoms with van der Waals surface area (Å²) in [6.07, 6.45) is 1.59. The number of aryl methyl sites for hydroxylation is 1. The lowest BCUT2D eigenvalue weighted by atomic mass is 10.1. The predicted octanol–water partition coefficient (Wildman–Crippen LogP) is 2.23. The summed E-state index contributed by atoms with van der Waals surface area (Å²) in [7, 11) is 0. The van der Waals surface area contributed by atoms with Crippen LogP contribution in [0.25, 0.3) is 10.8 Å². The minimum Gasteiger partial charge on any atom is -0.369 e. The third-order valence-electron chi connectivity index (χ3n) is 4.20. The third-order valence-corrected chi connectivity index (χ3v) is 4.20. The van der Waals surface area contributed by atoms with Gasteiger partial charge in [-0.25, -0.2) is 0 Å². The van der Waals surface area contributed by atoms with Crippen LogP contribution in [0.2, 0.25) is 0 Å². The fraction of sp³-hybridized carbons (Fsp3) is 0.400. The molecule has 2 heterocycles. The first kappa shape index (κ1) is 13.8. The second-order valence-corrected chi connectivity index (χ2v) is 5.78. The van der Waals surface area contributed by atoms with Gasteiger partial charge in [-0.2, -0.15) is 0 Å². The van der Waals surface area contributed by atoms with E-state index in [2.05, 4.69) is 16.8 Å². The standard InChI is InChI=1S/C15H18N4O2/c1-9-7-18(8-13(9)16)14-3-4-15(19(20)21)12-6-17-10(2)5-11(12)14/h3-6,9,13H,7-8,16H2,1-2H3. The SMILES string of the molecule is Cc1cc2c(N3CC(C)C(N)C3)ccc([N+](=O)[O-])c2cn1. The smallest absolute Gasteiger partial charge is 0.278 e. The van der Waals surface area contributed by atoms with E-state index < -0.39 is 0 Å². The van der Waals surface area contributed by atoms with Crippen molar-refractivity contribution in [3.05, 3.63) is 40.2 Å². The number of fused-ring (bicyclic) bond motifs is 1. The van der Waals surface area contributed by atoms with E-state index in [0.717, 1.165) is 29.9 Å². The Morgan fingerprint density at radius 3 is 2.76 bits per heavy atom. The highest BCUT2D eigenvalue weighted by Gasteiger charge is 2.28. The molecule has 3 rings (SSSR count). The van der Waals surface area contributed by atoms with Crippen LogP contribution in [-0.2, 0) is 0 Å². The van der Waals surface area contributed by atoms with Gasteiger partial charge in [0.2, 0.25) is 0 Å². The normalized spacial score (nSPS) is 22.0. The minimum absolute atomic E-state index is 0.0952. The van der Waals surface area contributed by atoms with Crippen LogP contribution in [0.15, 0.2) is 24.4 Å². The highest BCUT2D eigenvalue weighted by molar-refractivity contribution is 5.99. The molecule has 0 bridgehead atoms. The molecule has 0 aliphatic carbocycles. The summed E-state index contributed by atoms with van der Waals surface area (Å²) in [5, 5.41) is 12.6. The van der Waals surface area contributed by atoms with E-state index in [1.165, 1.54) is 0 Å². The highest BCUT2D eigenvalue weighted by Crippen LogP contribution is 2.35. The molecule has 0 spiro atoms. The summed E-state index contributed by atoms with van der Waals surface area (Å²) in [4.78, 5) is 17.2. The summed E-state index contributed by atoms with van der Waals surface area (Å²) in [5.74, 6) is 0.415. The number of hydrogen-bond acceptors (Lipinski definition) is 5. The van der Waals surface area contributed by atoms with E-state index in [-0.39, 0.29) is 16.7 Å². The molecule has 2 unspecified atom stereocenters. The van der Waals surface area contributed by atoms with Gasteiger partial charge in [-0.1, -0.05) is 6.92 Å². The highest BCUT2D eigenvalue weighted by atomic mass is 16.6. The van der Waals surface area contributed by atoms with Crippen LogP contribution >= 0.6 is 0 Å². The number of pyridine rings is 1. The van der Waals surface area contributed by atoms with Gasteiger partial charge in [-0.05, 0) is 25.0 Å². The van der Waals surface area contributed by atoms with Gasteiger partial charge in [-0.15, -0.1) is 0 Å². The van der Waals surface area contributed by atoms with Crippen molar-refractivity contribution in [3.63, 3.8) is 0 Å². The van der Waals surface area contributed by atoms with E-state index >= 15 is 0 Å². The van der Waals surface area contributed by atoms with Gasteiger partial charge in [0.25, 0.3) is 5.69 Å². The molecule has 6 heteroatoms. The lowest BCUT2D eigenvalue weighted by molar-refractivity contribution is -0.383. The first-order chi connectivity index (χ1) is 9.97. The molecule has 1 aliphatic heterocycles. The number of hydrogen-bond donors (Lipinski definition) is 1. The maximum absolute atomic E-state index is 11.2. The van der Waals surface area contributed by atoms with Crippen molar-refractivity contribution in [3.8, 4) is 0 Å². The van der Waals surface area contributed by atoms with Crippen molar-refractivity contribution < 1.29 is 4.92 Å². The summed E-state index contributed by atoms with van der Waals surface area (Å²) in [5.41, 5.74) is 8.04. The molecule has 2 N–H and O–H groups in total. The summed E-state index contributed by atoms with van der Waals surface area (Å²) in [6, 6.07) is 5.43. The zero-order chi connectivity index (χ0) is 15.1. The first-order valence-corrected chi connectivity index (χ1v) is 7.01. The average molecular weight is 286 g/mol. The quantitative estimate of drug-likeness (QED) is 0.676. The van der Waals surface area contributed by atoms with Crippen LogP contribution < -0.4 is 10.6 Å². The molecular formula is C15H18N4O2. The molecule has 110 valence electrons. The summed E-state index contributed by atoms with van der Waals surface area (Å²) < 4.78 is 0. The van der Waals surface area contributed by atoms with Gasteiger partial charge in [0.05, 0.1) is 10.3 Å². The number of nitrogens with zero attached hydrogens (tertiary/aromatic N) is 3. The minimum atomic E-state index is -0.360. The molecule has 6 nitrogen and oxygen atoms in total. The van der Waals surface area contributed by atoms with Crippen LogP contribution in [0.3, 0.4) is 0 Å². The maximum atomic E-state index is 11.2. The topological polar surface area (TPSA) is 85.3 Å². The van der Waals surface area contributed by atoms with Crippen LogP contribution in [0, 0.1) is 23.0 Å². The molecule has 2 aromatic rings. The zero-order valence-electron chi connectivity index (χ0n) is 12.1. The Labute approximate surface area is 122 Å². The lowest BCUT2D eigenvalue weighted by Crippen LogP contribution is -2.28. The van der Waals surface area contributed by atoms with Gasteiger partial charge < -0.3 is 10.6 Å². The molecule has 1 saturated heterocycles. The van der Waals surface area contributed by atoms with Crippen molar-refractivity contribution in [1.82, 2.24) is 4.98 Å². The number of nitro groups is 1. The molecule has 2 atom stereocenters. The van der Waals surface area contributed by atoms with Crippen LogP contribution in [0.5, 0.6) is 0 Å². The Morgan fingerprint density at radius 2 is 2.14 bits per heavy atom. The third kappa shape index (κ3) is 2.31. The largest absolute Gasteiger partial charge is 0.369 e. The van der Waals surface area contributed by atoms with Gasteiger partial charge in [0.15, 0.2) is 0 Å². The predicted molar refractivity (Wildman–Crippen MR) is 82.5 cm³/mol. The van der Waals surface area contributed by atoms with Gasteiger partial charge >= 0.3 is 0 Å². The van der Waals surface area contributed by atoms with Gasteiger partial charge in [0.1, 0.15) is 0 Å². The monoisotopic (exact) mass is 286 g/mol. The fourth-order valence-electron chi connectivity index (χ4n) is 2.94. The van der Waals surface area contributed by atoms with E-state index in [9.17, 15) is 10.1 Å². The van der Waals surface area contributed by atoms with Gasteiger partial charge in [0, 0.05) is 48.2 Å². The zero-order valence-corrected chi connectivity index (χ0v) is 12.1. The van der Waals surface area contributed by atoms with E-state index in [1.54, 1.807) is 12.3 Å². The van der Waals surface area contributed by atoms with E-state index in [1.807, 2.05) is 19.1 Å². The molecule has 0 radical (unpaired) electrons. The van der Waals surface area contributed by atoms with Crippen LogP contribution in [0.1, 0.15) is 12.6 Å². The second-order valence-electron chi connectivity index (χ2n) is 5.78. The Hall–Kier alpha value is -2.21. The van der Waals surface area contributed by atoms with Crippen molar-refractivity contribution in [2.45, 2.75) is 19.9 Å². The fourth-order valence-corrected chi connectivity index (χ4v) is 2.94. The first-order valence-electron chi connectivity index (χ1n) is 7.01. The number of aromatic nitrogens is 1. The Kier molecular flexibility index (Phi) is 3.25. The second kappa shape index (κ2) is 4.96. The van der Waals surface area contributed by atoms with E-state index in [0.29, 0.717) is 11.3 Å². The van der Waals surface area contributed by atoms with Crippen LogP contribution in [0.4, 0.5) is 11.4 Å². The lowest BCUT2D eigenvalue weighted by Gasteiger charge is -2.20. The molecule has 0 saturated carbocycles. The molecule has 1 fully saturated rings. The number of nitrogens with two attached hydrogens (primary N) is 1. The molecule has 1 aromatic carbocycles. The average Bonchev–Trinajstić information content (AvgIpc) is 2.76. The molecule has 0 amide bonds. The molecular weight excluding hydrogens is 268 g/mol. The van der Waals surface area contributed by atoms with Crippen LogP contribution in [-0.4, -0.2) is 29.0 Å².